The second-order valence-corrected chi connectivity index (χ2v) is 6.76. The van der Waals surface area contributed by atoms with Gasteiger partial charge >= 0.3 is 0 Å². The second kappa shape index (κ2) is 7.09. The highest BCUT2D eigenvalue weighted by molar-refractivity contribution is 7.18. The lowest BCUT2D eigenvalue weighted by Gasteiger charge is -2.25. The molecule has 1 aliphatic rings. The molecule has 7 heteroatoms. The van der Waals surface area contributed by atoms with E-state index in [0.29, 0.717) is 17.2 Å². The minimum atomic E-state index is -0.123. The zero-order chi connectivity index (χ0) is 15.4. The van der Waals surface area contributed by atoms with Crippen molar-refractivity contribution in [2.45, 2.75) is 32.2 Å². The summed E-state index contributed by atoms with van der Waals surface area (Å²) in [5.74, 6) is 0.220. The first-order chi connectivity index (χ1) is 9.99. The van der Waals surface area contributed by atoms with E-state index in [4.69, 9.17) is 5.73 Å². The van der Waals surface area contributed by atoms with E-state index in [9.17, 15) is 4.79 Å². The van der Waals surface area contributed by atoms with E-state index >= 15 is 0 Å². The largest absolute Gasteiger partial charge is 0.382 e. The van der Waals surface area contributed by atoms with E-state index in [-0.39, 0.29) is 11.9 Å². The third-order valence-electron chi connectivity index (χ3n) is 3.91. The van der Waals surface area contributed by atoms with Crippen LogP contribution in [0.4, 0.5) is 10.9 Å². The van der Waals surface area contributed by atoms with Gasteiger partial charge in [-0.25, -0.2) is 4.98 Å². The molecule has 0 aliphatic carbocycles. The standard InChI is InChI=1S/C14H25N5OS/c1-10(18(2)3)9-16-13(20)11-12(15)17-14(21-11)19-7-5-4-6-8-19/h10H,4-9,15H2,1-3H3,(H,16,20). The summed E-state index contributed by atoms with van der Waals surface area (Å²) in [6, 6.07) is 0.282. The van der Waals surface area contributed by atoms with Crippen LogP contribution < -0.4 is 16.0 Å². The Labute approximate surface area is 130 Å². The lowest BCUT2D eigenvalue weighted by Crippen LogP contribution is -2.38. The Morgan fingerprint density at radius 1 is 1.43 bits per heavy atom. The molecule has 1 aromatic heterocycles. The molecule has 118 valence electrons. The van der Waals surface area contributed by atoms with Crippen LogP contribution in [0.5, 0.6) is 0 Å². The van der Waals surface area contributed by atoms with Gasteiger partial charge in [0.05, 0.1) is 0 Å². The average molecular weight is 311 g/mol. The Hall–Kier alpha value is -1.34. The summed E-state index contributed by atoms with van der Waals surface area (Å²) < 4.78 is 0. The van der Waals surface area contributed by atoms with Gasteiger partial charge in [0.2, 0.25) is 0 Å². The van der Waals surface area contributed by atoms with E-state index in [1.807, 2.05) is 14.1 Å². The highest BCUT2D eigenvalue weighted by Gasteiger charge is 2.21. The topological polar surface area (TPSA) is 74.5 Å². The number of hydrogen-bond acceptors (Lipinski definition) is 6. The van der Waals surface area contributed by atoms with E-state index < -0.39 is 0 Å². The van der Waals surface area contributed by atoms with Crippen molar-refractivity contribution < 1.29 is 4.79 Å². The number of hydrogen-bond donors (Lipinski definition) is 2. The lowest BCUT2D eigenvalue weighted by atomic mass is 10.1. The number of aromatic nitrogens is 1. The maximum Gasteiger partial charge on any atom is 0.265 e. The van der Waals surface area contributed by atoms with Gasteiger partial charge in [-0.05, 0) is 40.3 Å². The van der Waals surface area contributed by atoms with E-state index in [1.54, 1.807) is 0 Å². The first-order valence-corrected chi connectivity index (χ1v) is 8.26. The maximum atomic E-state index is 12.2. The smallest absolute Gasteiger partial charge is 0.265 e. The predicted octanol–water partition coefficient (Wildman–Crippen LogP) is 1.40. The summed E-state index contributed by atoms with van der Waals surface area (Å²) in [5.41, 5.74) is 5.92. The highest BCUT2D eigenvalue weighted by Crippen LogP contribution is 2.29. The van der Waals surface area contributed by atoms with Crippen LogP contribution in [0.15, 0.2) is 0 Å². The van der Waals surface area contributed by atoms with Gasteiger partial charge in [-0.2, -0.15) is 0 Å². The van der Waals surface area contributed by atoms with Crippen LogP contribution in [0.2, 0.25) is 0 Å². The number of carbonyl (C=O) groups is 1. The molecule has 6 nitrogen and oxygen atoms in total. The minimum absolute atomic E-state index is 0.123. The van der Waals surface area contributed by atoms with Crippen molar-refractivity contribution in [1.29, 1.82) is 0 Å². The highest BCUT2D eigenvalue weighted by atomic mass is 32.1. The fourth-order valence-electron chi connectivity index (χ4n) is 2.21. The third-order valence-corrected chi connectivity index (χ3v) is 5.05. The Morgan fingerprint density at radius 3 is 2.71 bits per heavy atom. The van der Waals surface area contributed by atoms with Gasteiger partial charge in [0.15, 0.2) is 5.13 Å². The first-order valence-electron chi connectivity index (χ1n) is 7.45. The number of nitrogens with one attached hydrogen (secondary N) is 1. The molecule has 3 N–H and O–H groups in total. The Bertz CT molecular complexity index is 482. The Morgan fingerprint density at radius 2 is 2.10 bits per heavy atom. The van der Waals surface area contributed by atoms with E-state index in [2.05, 4.69) is 27.0 Å². The molecule has 0 saturated carbocycles. The quantitative estimate of drug-likeness (QED) is 0.860. The number of rotatable bonds is 5. The molecule has 1 aromatic rings. The normalized spacial score (nSPS) is 17.0. The summed E-state index contributed by atoms with van der Waals surface area (Å²) in [7, 11) is 3.98. The van der Waals surface area contributed by atoms with Crippen LogP contribution >= 0.6 is 11.3 Å². The van der Waals surface area contributed by atoms with Crippen molar-refractivity contribution in [1.82, 2.24) is 15.2 Å². The van der Waals surface area contributed by atoms with Crippen LogP contribution in [-0.2, 0) is 0 Å². The zero-order valence-electron chi connectivity index (χ0n) is 13.1. The monoisotopic (exact) mass is 311 g/mol. The summed E-state index contributed by atoms with van der Waals surface area (Å²) in [5, 5.41) is 3.80. The molecular formula is C14H25N5OS. The van der Waals surface area contributed by atoms with Gasteiger partial charge < -0.3 is 20.9 Å². The molecule has 0 bridgehead atoms. The van der Waals surface area contributed by atoms with Crippen molar-refractivity contribution in [3.63, 3.8) is 0 Å². The first kappa shape index (κ1) is 16.0. The van der Waals surface area contributed by atoms with Crippen LogP contribution in [0, 0.1) is 0 Å². The Balaban J connectivity index is 1.99. The van der Waals surface area contributed by atoms with Gasteiger partial charge in [0.25, 0.3) is 5.91 Å². The number of nitrogen functional groups attached to an aromatic ring is 1. The van der Waals surface area contributed by atoms with Gasteiger partial charge in [-0.3, -0.25) is 4.79 Å². The molecular weight excluding hydrogens is 286 g/mol. The van der Waals surface area contributed by atoms with Crippen molar-refractivity contribution in [3.05, 3.63) is 4.88 Å². The van der Waals surface area contributed by atoms with Gasteiger partial charge in [-0.15, -0.1) is 0 Å². The van der Waals surface area contributed by atoms with E-state index in [1.165, 1.54) is 30.6 Å². The number of carbonyl (C=O) groups excluding carboxylic acids is 1. The van der Waals surface area contributed by atoms with Crippen molar-refractivity contribution >= 4 is 28.2 Å². The molecule has 2 rings (SSSR count). The van der Waals surface area contributed by atoms with Crippen LogP contribution in [0.25, 0.3) is 0 Å². The van der Waals surface area contributed by atoms with Crippen LogP contribution in [0.3, 0.4) is 0 Å². The van der Waals surface area contributed by atoms with Crippen LogP contribution in [0.1, 0.15) is 35.9 Å². The minimum Gasteiger partial charge on any atom is -0.382 e. The molecule has 0 spiro atoms. The fraction of sp³-hybridized carbons (Fsp3) is 0.714. The lowest BCUT2D eigenvalue weighted by molar-refractivity contribution is 0.0948. The van der Waals surface area contributed by atoms with Crippen molar-refractivity contribution in [2.75, 3.05) is 44.4 Å². The van der Waals surface area contributed by atoms with Gasteiger partial charge in [0.1, 0.15) is 10.7 Å². The molecule has 1 fully saturated rings. The summed E-state index contributed by atoms with van der Waals surface area (Å²) >= 11 is 1.40. The van der Waals surface area contributed by atoms with Gasteiger partial charge in [-0.1, -0.05) is 11.3 Å². The van der Waals surface area contributed by atoms with Crippen molar-refractivity contribution in [2.24, 2.45) is 0 Å². The molecule has 1 aliphatic heterocycles. The second-order valence-electron chi connectivity index (χ2n) is 5.78. The molecule has 1 atom stereocenters. The SMILES string of the molecule is CC(CNC(=O)c1sc(N2CCCCC2)nc1N)N(C)C. The van der Waals surface area contributed by atoms with Gasteiger partial charge in [0, 0.05) is 25.7 Å². The average Bonchev–Trinajstić information content (AvgIpc) is 2.87. The predicted molar refractivity (Wildman–Crippen MR) is 88.1 cm³/mol. The summed E-state index contributed by atoms with van der Waals surface area (Å²) in [4.78, 5) is 21.4. The summed E-state index contributed by atoms with van der Waals surface area (Å²) in [6.07, 6.45) is 3.63. The number of nitrogens with zero attached hydrogens (tertiary/aromatic N) is 3. The number of piperidine rings is 1. The van der Waals surface area contributed by atoms with E-state index in [0.717, 1.165) is 18.2 Å². The number of thiazole rings is 1. The number of anilines is 2. The molecule has 1 saturated heterocycles. The summed E-state index contributed by atoms with van der Waals surface area (Å²) in [6.45, 7) is 4.68. The van der Waals surface area contributed by atoms with Crippen molar-refractivity contribution in [3.8, 4) is 0 Å². The Kier molecular flexibility index (Phi) is 5.41. The molecule has 1 unspecified atom stereocenters. The number of likely N-dealkylation sites (N-methyl/N-ethyl adjacent to an activating group) is 1. The zero-order valence-corrected chi connectivity index (χ0v) is 13.9. The molecule has 1 amide bonds. The molecule has 21 heavy (non-hydrogen) atoms. The number of nitrogens with two attached hydrogens (primary N) is 1. The van der Waals surface area contributed by atoms with Crippen LogP contribution in [-0.4, -0.2) is 55.6 Å². The molecule has 0 aromatic carbocycles. The third kappa shape index (κ3) is 4.07. The maximum absolute atomic E-state index is 12.2. The molecule has 2 heterocycles. The number of amides is 1. The fourth-order valence-corrected chi connectivity index (χ4v) is 3.16. The molecule has 0 radical (unpaired) electrons.